The SMILES string of the molecule is CCOc1ccc(S(=O)(=O)NCCOc2ccc(Cl)cc2C)cc1. The van der Waals surface area contributed by atoms with Crippen molar-refractivity contribution in [3.05, 3.63) is 53.1 Å². The summed E-state index contributed by atoms with van der Waals surface area (Å²) >= 11 is 5.88. The smallest absolute Gasteiger partial charge is 0.240 e. The Kier molecular flexibility index (Phi) is 6.48. The van der Waals surface area contributed by atoms with Gasteiger partial charge in [-0.05, 0) is 61.9 Å². The molecule has 24 heavy (non-hydrogen) atoms. The maximum atomic E-state index is 12.2. The summed E-state index contributed by atoms with van der Waals surface area (Å²) in [6.07, 6.45) is 0. The monoisotopic (exact) mass is 369 g/mol. The number of ether oxygens (including phenoxy) is 2. The number of hydrogen-bond acceptors (Lipinski definition) is 4. The van der Waals surface area contributed by atoms with Gasteiger partial charge in [-0.25, -0.2) is 13.1 Å². The van der Waals surface area contributed by atoms with E-state index in [2.05, 4.69) is 4.72 Å². The fourth-order valence-corrected chi connectivity index (χ4v) is 3.32. The van der Waals surface area contributed by atoms with E-state index < -0.39 is 10.0 Å². The zero-order valence-corrected chi connectivity index (χ0v) is 15.2. The van der Waals surface area contributed by atoms with Crippen molar-refractivity contribution >= 4 is 21.6 Å². The largest absolute Gasteiger partial charge is 0.494 e. The summed E-state index contributed by atoms with van der Waals surface area (Å²) in [7, 11) is -3.57. The van der Waals surface area contributed by atoms with Crippen molar-refractivity contribution in [3.63, 3.8) is 0 Å². The van der Waals surface area contributed by atoms with Crippen LogP contribution in [-0.2, 0) is 10.0 Å². The lowest BCUT2D eigenvalue weighted by molar-refractivity contribution is 0.320. The van der Waals surface area contributed by atoms with Crippen molar-refractivity contribution < 1.29 is 17.9 Å². The van der Waals surface area contributed by atoms with Crippen molar-refractivity contribution in [1.29, 1.82) is 0 Å². The van der Waals surface area contributed by atoms with Crippen molar-refractivity contribution in [2.75, 3.05) is 19.8 Å². The number of sulfonamides is 1. The average molecular weight is 370 g/mol. The van der Waals surface area contributed by atoms with Crippen LogP contribution in [0.2, 0.25) is 5.02 Å². The Hall–Kier alpha value is -1.76. The van der Waals surface area contributed by atoms with E-state index in [9.17, 15) is 8.42 Å². The minimum atomic E-state index is -3.57. The van der Waals surface area contributed by atoms with Crippen LogP contribution in [-0.4, -0.2) is 28.2 Å². The minimum absolute atomic E-state index is 0.164. The lowest BCUT2D eigenvalue weighted by Crippen LogP contribution is -2.28. The van der Waals surface area contributed by atoms with Crippen molar-refractivity contribution in [3.8, 4) is 11.5 Å². The fourth-order valence-electron chi connectivity index (χ4n) is 2.08. The molecule has 5 nitrogen and oxygen atoms in total. The second-order valence-corrected chi connectivity index (χ2v) is 7.26. The van der Waals surface area contributed by atoms with Crippen LogP contribution in [0.1, 0.15) is 12.5 Å². The van der Waals surface area contributed by atoms with E-state index >= 15 is 0 Å². The average Bonchev–Trinajstić information content (AvgIpc) is 2.54. The molecule has 130 valence electrons. The molecule has 2 aromatic rings. The highest BCUT2D eigenvalue weighted by Crippen LogP contribution is 2.21. The maximum absolute atomic E-state index is 12.2. The van der Waals surface area contributed by atoms with E-state index in [1.54, 1.807) is 30.3 Å². The predicted octanol–water partition coefficient (Wildman–Crippen LogP) is 3.40. The van der Waals surface area contributed by atoms with Crippen LogP contribution < -0.4 is 14.2 Å². The molecular weight excluding hydrogens is 350 g/mol. The van der Waals surface area contributed by atoms with E-state index in [0.717, 1.165) is 5.56 Å². The molecule has 0 heterocycles. The molecule has 0 saturated carbocycles. The van der Waals surface area contributed by atoms with Crippen LogP contribution in [0.4, 0.5) is 0 Å². The predicted molar refractivity (Wildman–Crippen MR) is 94.5 cm³/mol. The third kappa shape index (κ3) is 5.12. The second-order valence-electron chi connectivity index (χ2n) is 5.06. The summed E-state index contributed by atoms with van der Waals surface area (Å²) < 4.78 is 37.8. The molecule has 0 aromatic heterocycles. The second kappa shape index (κ2) is 8.37. The zero-order chi connectivity index (χ0) is 17.6. The molecule has 7 heteroatoms. The Bertz CT molecular complexity index is 776. The normalized spacial score (nSPS) is 11.3. The van der Waals surface area contributed by atoms with Crippen LogP contribution in [0.15, 0.2) is 47.4 Å². The van der Waals surface area contributed by atoms with Gasteiger partial charge in [0, 0.05) is 11.6 Å². The molecule has 0 aliphatic carbocycles. The number of nitrogens with one attached hydrogen (secondary N) is 1. The van der Waals surface area contributed by atoms with Crippen molar-refractivity contribution in [2.45, 2.75) is 18.7 Å². The van der Waals surface area contributed by atoms with Gasteiger partial charge < -0.3 is 9.47 Å². The number of aryl methyl sites for hydroxylation is 1. The lowest BCUT2D eigenvalue weighted by atomic mass is 10.2. The summed E-state index contributed by atoms with van der Waals surface area (Å²) in [5.41, 5.74) is 0.900. The molecule has 0 amide bonds. The minimum Gasteiger partial charge on any atom is -0.494 e. The highest BCUT2D eigenvalue weighted by Gasteiger charge is 2.13. The van der Waals surface area contributed by atoms with Gasteiger partial charge in [-0.1, -0.05) is 11.6 Å². The number of halogens is 1. The van der Waals surface area contributed by atoms with E-state index in [0.29, 0.717) is 23.1 Å². The Labute approximate surface area is 147 Å². The summed E-state index contributed by atoms with van der Waals surface area (Å²) in [5.74, 6) is 1.32. The zero-order valence-electron chi connectivity index (χ0n) is 13.6. The third-order valence-electron chi connectivity index (χ3n) is 3.23. The van der Waals surface area contributed by atoms with Gasteiger partial charge in [0.25, 0.3) is 0 Å². The number of rotatable bonds is 8. The third-order valence-corrected chi connectivity index (χ3v) is 4.95. The first-order valence-electron chi connectivity index (χ1n) is 7.54. The van der Waals surface area contributed by atoms with Gasteiger partial charge >= 0.3 is 0 Å². The first-order valence-corrected chi connectivity index (χ1v) is 9.40. The number of hydrogen-bond donors (Lipinski definition) is 1. The summed E-state index contributed by atoms with van der Waals surface area (Å²) in [5, 5.41) is 0.635. The highest BCUT2D eigenvalue weighted by atomic mass is 35.5. The first-order chi connectivity index (χ1) is 11.4. The highest BCUT2D eigenvalue weighted by molar-refractivity contribution is 7.89. The Morgan fingerprint density at radius 1 is 1.08 bits per heavy atom. The quantitative estimate of drug-likeness (QED) is 0.724. The van der Waals surface area contributed by atoms with E-state index in [-0.39, 0.29) is 18.0 Å². The van der Waals surface area contributed by atoms with Gasteiger partial charge in [0.15, 0.2) is 0 Å². The van der Waals surface area contributed by atoms with Crippen LogP contribution in [0.5, 0.6) is 11.5 Å². The molecule has 0 radical (unpaired) electrons. The van der Waals surface area contributed by atoms with Crippen LogP contribution in [0.25, 0.3) is 0 Å². The standard InChI is InChI=1S/C17H20ClNO4S/c1-3-22-15-5-7-16(8-6-15)24(20,21)19-10-11-23-17-9-4-14(18)12-13(17)2/h4-9,12,19H,3,10-11H2,1-2H3. The molecule has 1 N–H and O–H groups in total. The van der Waals surface area contributed by atoms with E-state index in [1.807, 2.05) is 13.8 Å². The molecule has 0 aliphatic rings. The molecule has 2 aromatic carbocycles. The molecule has 0 spiro atoms. The first kappa shape index (κ1) is 18.6. The van der Waals surface area contributed by atoms with Gasteiger partial charge in [0.2, 0.25) is 10.0 Å². The van der Waals surface area contributed by atoms with Gasteiger partial charge in [0.05, 0.1) is 11.5 Å². The van der Waals surface area contributed by atoms with E-state index in [1.165, 1.54) is 12.1 Å². The molecule has 0 unspecified atom stereocenters. The van der Waals surface area contributed by atoms with Gasteiger partial charge in [-0.2, -0.15) is 0 Å². The Balaban J connectivity index is 1.88. The van der Waals surface area contributed by atoms with Crippen molar-refractivity contribution in [1.82, 2.24) is 4.72 Å². The molecule has 0 aliphatic heterocycles. The lowest BCUT2D eigenvalue weighted by Gasteiger charge is -2.11. The Morgan fingerprint density at radius 2 is 1.79 bits per heavy atom. The van der Waals surface area contributed by atoms with E-state index in [4.69, 9.17) is 21.1 Å². The fraction of sp³-hybridized carbons (Fsp3) is 0.294. The summed E-state index contributed by atoms with van der Waals surface area (Å²) in [4.78, 5) is 0.189. The molecule has 0 fully saturated rings. The van der Waals surface area contributed by atoms with Crippen molar-refractivity contribution in [2.24, 2.45) is 0 Å². The molecule has 0 atom stereocenters. The number of benzene rings is 2. The maximum Gasteiger partial charge on any atom is 0.240 e. The Morgan fingerprint density at radius 3 is 2.42 bits per heavy atom. The van der Waals surface area contributed by atoms with Gasteiger partial charge in [-0.3, -0.25) is 0 Å². The van der Waals surface area contributed by atoms with Crippen LogP contribution >= 0.6 is 11.6 Å². The summed E-state index contributed by atoms with van der Waals surface area (Å²) in [6.45, 7) is 4.67. The van der Waals surface area contributed by atoms with Crippen LogP contribution in [0.3, 0.4) is 0 Å². The molecule has 2 rings (SSSR count). The van der Waals surface area contributed by atoms with Gasteiger partial charge in [0.1, 0.15) is 18.1 Å². The molecular formula is C17H20ClNO4S. The van der Waals surface area contributed by atoms with Crippen LogP contribution in [0, 0.1) is 6.92 Å². The molecule has 0 bridgehead atoms. The van der Waals surface area contributed by atoms with Gasteiger partial charge in [-0.15, -0.1) is 0 Å². The topological polar surface area (TPSA) is 64.6 Å². The molecule has 0 saturated heterocycles. The summed E-state index contributed by atoms with van der Waals surface area (Å²) in [6, 6.07) is 11.6.